The van der Waals surface area contributed by atoms with E-state index in [2.05, 4.69) is 9.46 Å². The van der Waals surface area contributed by atoms with E-state index in [0.717, 1.165) is 29.8 Å². The van der Waals surface area contributed by atoms with Gasteiger partial charge in [0.1, 0.15) is 5.75 Å². The van der Waals surface area contributed by atoms with Gasteiger partial charge in [0.25, 0.3) is 0 Å². The monoisotopic (exact) mass is 379 g/mol. The molecular weight excluding hydrogens is 367 g/mol. The van der Waals surface area contributed by atoms with E-state index in [1.54, 1.807) is 25.1 Å². The van der Waals surface area contributed by atoms with Crippen LogP contribution < -0.4 is 9.46 Å². The standard InChI is InChI=1S/C15H13ClF3NO3S/c1-10-3-2-4-14(16)13(10)9-20-24(21,22)12-7-5-11(6-8-12)23-15(17,18)19/h2-8,20H,9H2,1H3. The van der Waals surface area contributed by atoms with Gasteiger partial charge in [-0.15, -0.1) is 13.2 Å². The van der Waals surface area contributed by atoms with E-state index in [0.29, 0.717) is 10.6 Å². The predicted molar refractivity (Wildman–Crippen MR) is 83.3 cm³/mol. The van der Waals surface area contributed by atoms with Crippen molar-refractivity contribution in [1.29, 1.82) is 0 Å². The number of benzene rings is 2. The van der Waals surface area contributed by atoms with Crippen LogP contribution in [0.4, 0.5) is 13.2 Å². The Labute approximate surface area is 142 Å². The molecule has 0 spiro atoms. The lowest BCUT2D eigenvalue weighted by Gasteiger charge is -2.12. The maximum Gasteiger partial charge on any atom is 0.573 e. The van der Waals surface area contributed by atoms with Crippen LogP contribution in [0.5, 0.6) is 5.75 Å². The van der Waals surface area contributed by atoms with Gasteiger partial charge in [-0.25, -0.2) is 13.1 Å². The van der Waals surface area contributed by atoms with Crippen LogP contribution in [0.2, 0.25) is 5.02 Å². The van der Waals surface area contributed by atoms with Crippen LogP contribution in [0.25, 0.3) is 0 Å². The smallest absolute Gasteiger partial charge is 0.406 e. The van der Waals surface area contributed by atoms with Gasteiger partial charge >= 0.3 is 6.36 Å². The third kappa shape index (κ3) is 4.86. The fourth-order valence-corrected chi connectivity index (χ4v) is 3.25. The maximum absolute atomic E-state index is 12.2. The van der Waals surface area contributed by atoms with Gasteiger partial charge in [0, 0.05) is 11.6 Å². The minimum absolute atomic E-state index is 0.0331. The molecule has 0 aliphatic carbocycles. The molecule has 130 valence electrons. The molecule has 0 atom stereocenters. The number of rotatable bonds is 5. The SMILES string of the molecule is Cc1cccc(Cl)c1CNS(=O)(=O)c1ccc(OC(F)(F)F)cc1. The van der Waals surface area contributed by atoms with E-state index in [4.69, 9.17) is 11.6 Å². The molecule has 0 unspecified atom stereocenters. The van der Waals surface area contributed by atoms with Crippen LogP contribution in [-0.4, -0.2) is 14.8 Å². The van der Waals surface area contributed by atoms with Crippen molar-refractivity contribution in [2.24, 2.45) is 0 Å². The summed E-state index contributed by atoms with van der Waals surface area (Å²) in [5.74, 6) is -0.497. The van der Waals surface area contributed by atoms with Gasteiger partial charge in [0.15, 0.2) is 0 Å². The molecule has 0 amide bonds. The number of alkyl halides is 3. The summed E-state index contributed by atoms with van der Waals surface area (Å²) in [7, 11) is -3.90. The van der Waals surface area contributed by atoms with Crippen LogP contribution in [0.3, 0.4) is 0 Å². The Balaban J connectivity index is 2.13. The van der Waals surface area contributed by atoms with Crippen molar-refractivity contribution in [1.82, 2.24) is 4.72 Å². The van der Waals surface area contributed by atoms with Gasteiger partial charge in [0.05, 0.1) is 4.90 Å². The molecule has 2 aromatic rings. The summed E-state index contributed by atoms with van der Waals surface area (Å²) in [5.41, 5.74) is 1.44. The van der Waals surface area contributed by atoms with Crippen molar-refractivity contribution in [2.45, 2.75) is 24.7 Å². The number of aryl methyl sites for hydroxylation is 1. The van der Waals surface area contributed by atoms with E-state index in [9.17, 15) is 21.6 Å². The number of sulfonamides is 1. The van der Waals surface area contributed by atoms with Gasteiger partial charge in [-0.2, -0.15) is 0 Å². The summed E-state index contributed by atoms with van der Waals surface area (Å²) in [6.45, 7) is 1.76. The molecule has 4 nitrogen and oxygen atoms in total. The highest BCUT2D eigenvalue weighted by Crippen LogP contribution is 2.24. The number of halogens is 4. The Hall–Kier alpha value is -1.77. The van der Waals surface area contributed by atoms with Gasteiger partial charge in [-0.3, -0.25) is 0 Å². The molecule has 9 heteroatoms. The van der Waals surface area contributed by atoms with Crippen LogP contribution >= 0.6 is 11.6 Å². The Morgan fingerprint density at radius 3 is 2.29 bits per heavy atom. The molecule has 0 saturated heterocycles. The molecule has 2 rings (SSSR count). The third-order valence-electron chi connectivity index (χ3n) is 3.16. The molecule has 0 aromatic heterocycles. The number of hydrogen-bond donors (Lipinski definition) is 1. The molecule has 0 fully saturated rings. The minimum Gasteiger partial charge on any atom is -0.406 e. The first-order valence-corrected chi connectivity index (χ1v) is 8.54. The third-order valence-corrected chi connectivity index (χ3v) is 4.93. The Morgan fingerprint density at radius 2 is 1.75 bits per heavy atom. The molecule has 2 aromatic carbocycles. The second-order valence-corrected chi connectivity index (χ2v) is 7.05. The summed E-state index contributed by atoms with van der Waals surface area (Å²) in [5, 5.41) is 0.423. The van der Waals surface area contributed by atoms with E-state index in [1.165, 1.54) is 0 Å². The number of hydrogen-bond acceptors (Lipinski definition) is 3. The highest BCUT2D eigenvalue weighted by Gasteiger charge is 2.31. The molecule has 0 aliphatic heterocycles. The summed E-state index contributed by atoms with van der Waals surface area (Å²) < 4.78 is 66.8. The molecule has 0 radical (unpaired) electrons. The fourth-order valence-electron chi connectivity index (χ4n) is 1.96. The molecule has 0 heterocycles. The zero-order valence-electron chi connectivity index (χ0n) is 12.4. The maximum atomic E-state index is 12.2. The van der Waals surface area contributed by atoms with Gasteiger partial charge in [-0.1, -0.05) is 23.7 Å². The average molecular weight is 380 g/mol. The van der Waals surface area contributed by atoms with Crippen molar-refractivity contribution in [3.8, 4) is 5.75 Å². The highest BCUT2D eigenvalue weighted by molar-refractivity contribution is 7.89. The minimum atomic E-state index is -4.83. The zero-order chi connectivity index (χ0) is 18.0. The van der Waals surface area contributed by atoms with E-state index in [-0.39, 0.29) is 11.4 Å². The molecule has 0 bridgehead atoms. The summed E-state index contributed by atoms with van der Waals surface area (Å²) in [6.07, 6.45) is -4.83. The molecule has 1 N–H and O–H groups in total. The summed E-state index contributed by atoms with van der Waals surface area (Å²) >= 11 is 6.03. The van der Waals surface area contributed by atoms with Crippen LogP contribution in [-0.2, 0) is 16.6 Å². The van der Waals surface area contributed by atoms with Crippen molar-refractivity contribution < 1.29 is 26.3 Å². The van der Waals surface area contributed by atoms with Crippen LogP contribution in [0.15, 0.2) is 47.4 Å². The lowest BCUT2D eigenvalue weighted by atomic mass is 10.1. The molecular formula is C15H13ClF3NO3S. The zero-order valence-corrected chi connectivity index (χ0v) is 14.0. The average Bonchev–Trinajstić information content (AvgIpc) is 2.45. The van der Waals surface area contributed by atoms with Gasteiger partial charge in [0.2, 0.25) is 10.0 Å². The Kier molecular flexibility index (Phi) is 5.42. The van der Waals surface area contributed by atoms with Gasteiger partial charge in [-0.05, 0) is 48.4 Å². The van der Waals surface area contributed by atoms with Crippen LogP contribution in [0, 0.1) is 6.92 Å². The second-order valence-electron chi connectivity index (χ2n) is 4.88. The number of nitrogens with one attached hydrogen (secondary N) is 1. The van der Waals surface area contributed by atoms with E-state index >= 15 is 0 Å². The second kappa shape index (κ2) is 7.00. The fraction of sp³-hybridized carbons (Fsp3) is 0.200. The largest absolute Gasteiger partial charge is 0.573 e. The normalized spacial score (nSPS) is 12.2. The van der Waals surface area contributed by atoms with Crippen molar-refractivity contribution in [3.63, 3.8) is 0 Å². The summed E-state index contributed by atoms with van der Waals surface area (Å²) in [6, 6.07) is 9.10. The topological polar surface area (TPSA) is 55.4 Å². The Bertz CT molecular complexity index is 801. The molecule has 0 aliphatic rings. The van der Waals surface area contributed by atoms with Crippen molar-refractivity contribution in [3.05, 3.63) is 58.6 Å². The highest BCUT2D eigenvalue weighted by atomic mass is 35.5. The lowest BCUT2D eigenvalue weighted by Crippen LogP contribution is -2.24. The summed E-state index contributed by atoms with van der Waals surface area (Å²) in [4.78, 5) is -0.179. The molecule has 24 heavy (non-hydrogen) atoms. The first kappa shape index (κ1) is 18.6. The lowest BCUT2D eigenvalue weighted by molar-refractivity contribution is -0.274. The van der Waals surface area contributed by atoms with Crippen molar-refractivity contribution in [2.75, 3.05) is 0 Å². The van der Waals surface area contributed by atoms with Crippen molar-refractivity contribution >= 4 is 21.6 Å². The predicted octanol–water partition coefficient (Wildman–Crippen LogP) is 4.03. The van der Waals surface area contributed by atoms with E-state index in [1.807, 2.05) is 0 Å². The van der Waals surface area contributed by atoms with Gasteiger partial charge < -0.3 is 4.74 Å². The first-order chi connectivity index (χ1) is 11.1. The Morgan fingerprint density at radius 1 is 1.12 bits per heavy atom. The first-order valence-electron chi connectivity index (χ1n) is 6.68. The van der Waals surface area contributed by atoms with Crippen LogP contribution in [0.1, 0.15) is 11.1 Å². The molecule has 0 saturated carbocycles. The number of ether oxygens (including phenoxy) is 1. The van der Waals surface area contributed by atoms with E-state index < -0.39 is 22.1 Å². The quantitative estimate of drug-likeness (QED) is 0.853.